The van der Waals surface area contributed by atoms with Crippen molar-refractivity contribution in [2.24, 2.45) is 0 Å². The van der Waals surface area contributed by atoms with Gasteiger partial charge in [0.25, 0.3) is 0 Å². The molecule has 0 fully saturated rings. The molecule has 0 aliphatic rings. The van der Waals surface area contributed by atoms with E-state index < -0.39 is 14.8 Å². The van der Waals surface area contributed by atoms with Crippen LogP contribution >= 0.6 is 0 Å². The third kappa shape index (κ3) is 1300. The van der Waals surface area contributed by atoms with Crippen LogP contribution in [0.5, 0.6) is 0 Å². The molecular weight excluding hydrogens is 135 g/mol. The molecule has 0 bridgehead atoms. The molecule has 0 aromatic carbocycles. The van der Waals surface area contributed by atoms with E-state index in [1.54, 1.807) is 0 Å². The number of hydrogen-bond acceptors (Lipinski definition) is 2. The molecule has 0 N–H and O–H groups in total. The molecule has 0 spiro atoms. The van der Waals surface area contributed by atoms with Gasteiger partial charge < -0.3 is 0 Å². The summed E-state index contributed by atoms with van der Waals surface area (Å²) in [6.07, 6.45) is 0. The zero-order valence-electron chi connectivity index (χ0n) is 1.22. The third-order valence-corrected chi connectivity index (χ3v) is 0. The predicted octanol–water partition coefficient (Wildman–Crippen LogP) is 0.654. The van der Waals surface area contributed by atoms with Gasteiger partial charge in [-0.15, -0.1) is 0 Å². The van der Waals surface area contributed by atoms with Gasteiger partial charge in [0, 0.05) is 0 Å². The Kier molecular flexibility index (Phi) is 124. The van der Waals surface area contributed by atoms with Crippen molar-refractivity contribution in [3.05, 3.63) is 0 Å². The topological polar surface area (TPSA) is 34.1 Å². The fraction of sp³-hybridized carbons (Fsp3) is 1.00. The molecule has 0 radical (unpaired) electrons. The summed E-state index contributed by atoms with van der Waals surface area (Å²) in [5.41, 5.74) is 0. The molecule has 0 aliphatic heterocycles. The molecule has 0 aromatic rings. The molecule has 0 saturated carbocycles. The van der Waals surface area contributed by atoms with Crippen LogP contribution in [0.1, 0.15) is 14.9 Å². The first-order valence-corrected chi connectivity index (χ1v) is 1.73. The van der Waals surface area contributed by atoms with E-state index in [0.717, 1.165) is 0 Å². The minimum atomic E-state index is -1.62. The van der Waals surface area contributed by atoms with Crippen molar-refractivity contribution in [2.75, 3.05) is 0 Å². The summed E-state index contributed by atoms with van der Waals surface area (Å²) < 4.78 is 16.9. The Balaban J connectivity index is -0.0000000200. The Labute approximate surface area is 38.1 Å². The van der Waals surface area contributed by atoms with Gasteiger partial charge in [-0.25, -0.2) is 0 Å². The molecule has 0 aliphatic carbocycles. The quantitative estimate of drug-likeness (QED) is 0.466. The summed E-state index contributed by atoms with van der Waals surface area (Å²) in [5.74, 6) is 0. The Bertz CT molecular complexity index is 28.6. The summed E-state index contributed by atoms with van der Waals surface area (Å²) in [4.78, 5) is 0. The molecule has 0 rings (SSSR count). The summed E-state index contributed by atoms with van der Waals surface area (Å²) in [6, 6.07) is 0. The Morgan fingerprint density at radius 2 is 1.00 bits per heavy atom. The SMILES string of the molecule is C.C.O=[Se]=O. The first-order chi connectivity index (χ1) is 1.41. The fourth-order valence-corrected chi connectivity index (χ4v) is 0. The van der Waals surface area contributed by atoms with Gasteiger partial charge in [0.2, 0.25) is 0 Å². The van der Waals surface area contributed by atoms with Crippen LogP contribution in [0.15, 0.2) is 0 Å². The van der Waals surface area contributed by atoms with Gasteiger partial charge in [0.1, 0.15) is 0 Å². The van der Waals surface area contributed by atoms with Crippen molar-refractivity contribution >= 4 is 14.8 Å². The van der Waals surface area contributed by atoms with Gasteiger partial charge in [-0.3, -0.25) is 0 Å². The summed E-state index contributed by atoms with van der Waals surface area (Å²) >= 11 is -1.62. The Morgan fingerprint density at radius 1 is 1.00 bits per heavy atom. The van der Waals surface area contributed by atoms with Crippen LogP contribution in [-0.4, -0.2) is 14.8 Å². The van der Waals surface area contributed by atoms with Crippen LogP contribution in [0.2, 0.25) is 0 Å². The minimum absolute atomic E-state index is 0. The van der Waals surface area contributed by atoms with Crippen molar-refractivity contribution in [3.63, 3.8) is 0 Å². The van der Waals surface area contributed by atoms with E-state index in [-0.39, 0.29) is 14.9 Å². The van der Waals surface area contributed by atoms with Crippen LogP contribution in [-0.2, 0) is 7.67 Å². The van der Waals surface area contributed by atoms with Gasteiger partial charge in [0.05, 0.1) is 0 Å². The predicted molar refractivity (Wildman–Crippen MR) is 20.6 cm³/mol. The van der Waals surface area contributed by atoms with E-state index in [1.165, 1.54) is 0 Å². The van der Waals surface area contributed by atoms with Gasteiger partial charge in [-0.2, -0.15) is 0 Å². The maximum atomic E-state index is 8.44. The Hall–Kier alpha value is 0.119. The van der Waals surface area contributed by atoms with Gasteiger partial charge in [-0.05, 0) is 0 Å². The van der Waals surface area contributed by atoms with Gasteiger partial charge in [0.15, 0.2) is 0 Å². The average molecular weight is 143 g/mol. The van der Waals surface area contributed by atoms with E-state index >= 15 is 0 Å². The standard InChI is InChI=1S/2CH4.O2Se/c;;1-3-2/h2*1H4;. The van der Waals surface area contributed by atoms with E-state index in [2.05, 4.69) is 0 Å². The number of hydrogen-bond donors (Lipinski definition) is 0. The van der Waals surface area contributed by atoms with Crippen LogP contribution in [0.25, 0.3) is 0 Å². The van der Waals surface area contributed by atoms with Crippen molar-refractivity contribution in [3.8, 4) is 0 Å². The van der Waals surface area contributed by atoms with Crippen LogP contribution in [0.4, 0.5) is 0 Å². The number of rotatable bonds is 0. The second kappa shape index (κ2) is 32.0. The van der Waals surface area contributed by atoms with E-state index in [1.807, 2.05) is 0 Å². The fourth-order valence-electron chi connectivity index (χ4n) is 0. The van der Waals surface area contributed by atoms with Crippen LogP contribution in [0.3, 0.4) is 0 Å². The van der Waals surface area contributed by atoms with E-state index in [4.69, 9.17) is 7.67 Å². The third-order valence-electron chi connectivity index (χ3n) is 0. The van der Waals surface area contributed by atoms with Crippen molar-refractivity contribution in [1.82, 2.24) is 0 Å². The zero-order valence-corrected chi connectivity index (χ0v) is 2.94. The second-order valence-corrected chi connectivity index (χ2v) is 0.354. The first-order valence-electron chi connectivity index (χ1n) is 0.333. The van der Waals surface area contributed by atoms with Crippen molar-refractivity contribution in [2.45, 2.75) is 14.9 Å². The monoisotopic (exact) mass is 144 g/mol. The molecule has 0 atom stereocenters. The molecular formula is C2H8O2Se. The first kappa shape index (κ1) is 19.3. The summed E-state index contributed by atoms with van der Waals surface area (Å²) in [5, 5.41) is 0. The zero-order chi connectivity index (χ0) is 2.71. The van der Waals surface area contributed by atoms with Crippen molar-refractivity contribution < 1.29 is 7.67 Å². The molecule has 0 unspecified atom stereocenters. The van der Waals surface area contributed by atoms with E-state index in [9.17, 15) is 0 Å². The van der Waals surface area contributed by atoms with Gasteiger partial charge in [-0.1, -0.05) is 14.9 Å². The molecule has 0 amide bonds. The molecule has 3 heteroatoms. The second-order valence-electron chi connectivity index (χ2n) is 0.0680. The molecule has 2 nitrogen and oxygen atoms in total. The normalized spacial score (nSPS) is 2.40. The van der Waals surface area contributed by atoms with Gasteiger partial charge >= 0.3 is 22.5 Å². The van der Waals surface area contributed by atoms with E-state index in [0.29, 0.717) is 0 Å². The van der Waals surface area contributed by atoms with Crippen molar-refractivity contribution in [1.29, 1.82) is 0 Å². The maximum absolute atomic E-state index is 8.44. The average Bonchev–Trinajstić information content (AvgIpc) is 0.918. The Morgan fingerprint density at radius 3 is 1.00 bits per heavy atom. The molecule has 34 valence electrons. The molecule has 0 saturated heterocycles. The summed E-state index contributed by atoms with van der Waals surface area (Å²) in [7, 11) is 0. The molecule has 0 heterocycles. The summed E-state index contributed by atoms with van der Waals surface area (Å²) in [6.45, 7) is 0. The molecule has 5 heavy (non-hydrogen) atoms. The van der Waals surface area contributed by atoms with Crippen LogP contribution < -0.4 is 0 Å². The molecule has 0 aromatic heterocycles. The van der Waals surface area contributed by atoms with Crippen LogP contribution in [0, 0.1) is 0 Å².